The predicted octanol–water partition coefficient (Wildman–Crippen LogP) is 1.34. The molecule has 3 amide bonds. The van der Waals surface area contributed by atoms with Crippen molar-refractivity contribution in [2.75, 3.05) is 45.2 Å². The van der Waals surface area contributed by atoms with Gasteiger partial charge in [-0.1, -0.05) is 0 Å². The Labute approximate surface area is 152 Å². The lowest BCUT2D eigenvalue weighted by Gasteiger charge is -2.31. The van der Waals surface area contributed by atoms with Gasteiger partial charge in [0, 0.05) is 38.8 Å². The summed E-state index contributed by atoms with van der Waals surface area (Å²) in [5.41, 5.74) is 1.08. The number of likely N-dealkylation sites (N-methyl/N-ethyl adjacent to an activating group) is 1. The quantitative estimate of drug-likeness (QED) is 0.754. The van der Waals surface area contributed by atoms with E-state index >= 15 is 0 Å². The van der Waals surface area contributed by atoms with Gasteiger partial charge in [0.15, 0.2) is 6.10 Å². The summed E-state index contributed by atoms with van der Waals surface area (Å²) in [6.45, 7) is 3.69. The number of hydrogen-bond acceptors (Lipinski definition) is 5. The topological polar surface area (TPSA) is 79.4 Å². The minimum atomic E-state index is -0.538. The normalized spacial score (nSPS) is 20.2. The zero-order chi connectivity index (χ0) is 18.8. The van der Waals surface area contributed by atoms with Gasteiger partial charge < -0.3 is 24.2 Å². The molecule has 1 aromatic rings. The standard InChI is InChI=1S/C18H23N3O5/c1-12-16(22)19(2)14-11-13(5-6-15(14)26-12)17(23)20-7-4-8-21(10-9-20)18(24)25-3/h5-6,11-12H,4,7-10H2,1-3H3. The van der Waals surface area contributed by atoms with Crippen LogP contribution in [0.15, 0.2) is 18.2 Å². The minimum absolute atomic E-state index is 0.126. The molecule has 0 N–H and O–H groups in total. The number of hydrogen-bond donors (Lipinski definition) is 0. The number of methoxy groups -OCH3 is 1. The van der Waals surface area contributed by atoms with Crippen LogP contribution in [0.1, 0.15) is 23.7 Å². The van der Waals surface area contributed by atoms with Crippen LogP contribution in [0.4, 0.5) is 10.5 Å². The molecule has 140 valence electrons. The lowest BCUT2D eigenvalue weighted by atomic mass is 10.1. The Morgan fingerprint density at radius 2 is 1.85 bits per heavy atom. The maximum absolute atomic E-state index is 12.9. The highest BCUT2D eigenvalue weighted by atomic mass is 16.5. The smallest absolute Gasteiger partial charge is 0.409 e. The first-order valence-electron chi connectivity index (χ1n) is 8.63. The summed E-state index contributed by atoms with van der Waals surface area (Å²) in [5, 5.41) is 0. The largest absolute Gasteiger partial charge is 0.479 e. The number of anilines is 1. The monoisotopic (exact) mass is 361 g/mol. The second-order valence-electron chi connectivity index (χ2n) is 6.44. The number of amides is 3. The Kier molecular flexibility index (Phi) is 5.01. The highest BCUT2D eigenvalue weighted by Crippen LogP contribution is 2.34. The summed E-state index contributed by atoms with van der Waals surface area (Å²) in [7, 11) is 3.03. The highest BCUT2D eigenvalue weighted by molar-refractivity contribution is 6.02. The molecule has 1 fully saturated rings. The Balaban J connectivity index is 1.76. The van der Waals surface area contributed by atoms with Crippen molar-refractivity contribution in [1.82, 2.24) is 9.80 Å². The average Bonchev–Trinajstić information content (AvgIpc) is 2.91. The van der Waals surface area contributed by atoms with Crippen molar-refractivity contribution in [2.45, 2.75) is 19.4 Å². The molecule has 2 aliphatic rings. The molecule has 0 radical (unpaired) electrons. The molecule has 1 saturated heterocycles. The molecule has 0 spiro atoms. The van der Waals surface area contributed by atoms with E-state index in [1.807, 2.05) is 0 Å². The van der Waals surface area contributed by atoms with Crippen LogP contribution in [-0.4, -0.2) is 74.1 Å². The van der Waals surface area contributed by atoms with Gasteiger partial charge in [-0.25, -0.2) is 4.79 Å². The van der Waals surface area contributed by atoms with Crippen LogP contribution >= 0.6 is 0 Å². The average molecular weight is 361 g/mol. The number of fused-ring (bicyclic) bond motifs is 1. The van der Waals surface area contributed by atoms with E-state index in [1.54, 1.807) is 42.0 Å². The highest BCUT2D eigenvalue weighted by Gasteiger charge is 2.30. The minimum Gasteiger partial charge on any atom is -0.479 e. The lowest BCUT2D eigenvalue weighted by molar-refractivity contribution is -0.125. The van der Waals surface area contributed by atoms with Crippen LogP contribution in [0.5, 0.6) is 5.75 Å². The van der Waals surface area contributed by atoms with E-state index in [2.05, 4.69) is 0 Å². The molecule has 0 aromatic heterocycles. The molecule has 1 unspecified atom stereocenters. The van der Waals surface area contributed by atoms with Crippen molar-refractivity contribution in [3.8, 4) is 5.75 Å². The Hall–Kier alpha value is -2.77. The number of carbonyl (C=O) groups excluding carboxylic acids is 3. The first kappa shape index (κ1) is 18.0. The second-order valence-corrected chi connectivity index (χ2v) is 6.44. The lowest BCUT2D eigenvalue weighted by Crippen LogP contribution is -2.42. The fourth-order valence-electron chi connectivity index (χ4n) is 3.26. The molecule has 26 heavy (non-hydrogen) atoms. The first-order chi connectivity index (χ1) is 12.4. The maximum atomic E-state index is 12.9. The van der Waals surface area contributed by atoms with Crippen molar-refractivity contribution in [1.29, 1.82) is 0 Å². The van der Waals surface area contributed by atoms with Crippen LogP contribution in [-0.2, 0) is 9.53 Å². The number of ether oxygens (including phenoxy) is 2. The summed E-state index contributed by atoms with van der Waals surface area (Å²) in [4.78, 5) is 41.5. The van der Waals surface area contributed by atoms with E-state index in [0.29, 0.717) is 49.6 Å². The van der Waals surface area contributed by atoms with Crippen LogP contribution in [0.2, 0.25) is 0 Å². The summed E-state index contributed by atoms with van der Waals surface area (Å²) >= 11 is 0. The molecular weight excluding hydrogens is 338 g/mol. The van der Waals surface area contributed by atoms with Gasteiger partial charge in [0.2, 0.25) is 0 Å². The predicted molar refractivity (Wildman–Crippen MR) is 94.4 cm³/mol. The van der Waals surface area contributed by atoms with E-state index in [0.717, 1.165) is 0 Å². The fourth-order valence-corrected chi connectivity index (χ4v) is 3.26. The van der Waals surface area contributed by atoms with E-state index in [1.165, 1.54) is 12.0 Å². The van der Waals surface area contributed by atoms with E-state index in [4.69, 9.17) is 9.47 Å². The molecule has 0 bridgehead atoms. The third kappa shape index (κ3) is 3.31. The molecular formula is C18H23N3O5. The van der Waals surface area contributed by atoms with Crippen LogP contribution in [0, 0.1) is 0 Å². The number of benzene rings is 1. The third-order valence-electron chi connectivity index (χ3n) is 4.77. The fraction of sp³-hybridized carbons (Fsp3) is 0.500. The van der Waals surface area contributed by atoms with Gasteiger partial charge in [-0.2, -0.15) is 0 Å². The third-order valence-corrected chi connectivity index (χ3v) is 4.77. The summed E-state index contributed by atoms with van der Waals surface area (Å²) in [6.07, 6.45) is -0.228. The first-order valence-corrected chi connectivity index (χ1v) is 8.63. The van der Waals surface area contributed by atoms with E-state index in [-0.39, 0.29) is 17.9 Å². The number of nitrogens with zero attached hydrogens (tertiary/aromatic N) is 3. The van der Waals surface area contributed by atoms with Gasteiger partial charge in [0.25, 0.3) is 11.8 Å². The zero-order valence-corrected chi connectivity index (χ0v) is 15.2. The van der Waals surface area contributed by atoms with E-state index < -0.39 is 6.10 Å². The zero-order valence-electron chi connectivity index (χ0n) is 15.2. The van der Waals surface area contributed by atoms with Gasteiger partial charge in [-0.15, -0.1) is 0 Å². The van der Waals surface area contributed by atoms with Crippen molar-refractivity contribution >= 4 is 23.6 Å². The molecule has 2 aliphatic heterocycles. The van der Waals surface area contributed by atoms with Gasteiger partial charge in [0.05, 0.1) is 12.8 Å². The number of rotatable bonds is 1. The molecule has 3 rings (SSSR count). The molecule has 8 nitrogen and oxygen atoms in total. The summed E-state index contributed by atoms with van der Waals surface area (Å²) < 4.78 is 10.3. The molecule has 1 aromatic carbocycles. The van der Waals surface area contributed by atoms with Gasteiger partial charge in [-0.3, -0.25) is 9.59 Å². The van der Waals surface area contributed by atoms with Crippen LogP contribution in [0.3, 0.4) is 0 Å². The second kappa shape index (κ2) is 7.23. The van der Waals surface area contributed by atoms with Crippen molar-refractivity contribution in [3.63, 3.8) is 0 Å². The van der Waals surface area contributed by atoms with Crippen molar-refractivity contribution in [2.24, 2.45) is 0 Å². The summed E-state index contributed by atoms with van der Waals surface area (Å²) in [5.74, 6) is 0.313. The van der Waals surface area contributed by atoms with Crippen LogP contribution in [0.25, 0.3) is 0 Å². The van der Waals surface area contributed by atoms with Crippen LogP contribution < -0.4 is 9.64 Å². The van der Waals surface area contributed by atoms with Crippen molar-refractivity contribution < 1.29 is 23.9 Å². The molecule has 2 heterocycles. The SMILES string of the molecule is COC(=O)N1CCCN(C(=O)c2ccc3c(c2)N(C)C(=O)C(C)O3)CC1. The van der Waals surface area contributed by atoms with Gasteiger partial charge in [-0.05, 0) is 31.5 Å². The molecule has 0 saturated carbocycles. The van der Waals surface area contributed by atoms with Crippen molar-refractivity contribution in [3.05, 3.63) is 23.8 Å². The van der Waals surface area contributed by atoms with Gasteiger partial charge >= 0.3 is 6.09 Å². The molecule has 8 heteroatoms. The molecule has 1 atom stereocenters. The molecule has 0 aliphatic carbocycles. The maximum Gasteiger partial charge on any atom is 0.409 e. The Bertz CT molecular complexity index is 736. The summed E-state index contributed by atoms with van der Waals surface area (Å²) in [6, 6.07) is 5.12. The van der Waals surface area contributed by atoms with E-state index in [9.17, 15) is 14.4 Å². The van der Waals surface area contributed by atoms with Gasteiger partial charge in [0.1, 0.15) is 5.75 Å². The Morgan fingerprint density at radius 3 is 2.58 bits per heavy atom. The Morgan fingerprint density at radius 1 is 1.15 bits per heavy atom. The number of carbonyl (C=O) groups is 3.